The van der Waals surface area contributed by atoms with Crippen LogP contribution in [0.4, 0.5) is 4.39 Å². The maximum absolute atomic E-state index is 13.1. The zero-order valence-electron chi connectivity index (χ0n) is 10.7. The van der Waals surface area contributed by atoms with Crippen molar-refractivity contribution in [2.75, 3.05) is 0 Å². The Morgan fingerprint density at radius 3 is 2.71 bits per heavy atom. The average molecular weight is 302 g/mol. The number of rotatable bonds is 2. The molecule has 0 fully saturated rings. The summed E-state index contributed by atoms with van der Waals surface area (Å²) in [6.07, 6.45) is 1.48. The molecule has 21 heavy (non-hydrogen) atoms. The lowest BCUT2D eigenvalue weighted by molar-refractivity contribution is -0.129. The van der Waals surface area contributed by atoms with Gasteiger partial charge in [0.05, 0.1) is 0 Å². The molecule has 0 bridgehead atoms. The lowest BCUT2D eigenvalue weighted by Gasteiger charge is -1.98. The van der Waals surface area contributed by atoms with Crippen LogP contribution in [-0.4, -0.2) is 11.9 Å². The molecule has 1 aliphatic rings. The average Bonchev–Trinajstić information content (AvgIpc) is 2.80. The monoisotopic (exact) mass is 301 g/mol. The summed E-state index contributed by atoms with van der Waals surface area (Å²) >= 11 is 5.89. The van der Waals surface area contributed by atoms with Gasteiger partial charge < -0.3 is 4.74 Å². The van der Waals surface area contributed by atoms with Crippen LogP contribution in [0.3, 0.4) is 0 Å². The van der Waals surface area contributed by atoms with Crippen LogP contribution in [0.5, 0.6) is 0 Å². The number of cyclic esters (lactones) is 1. The quantitative estimate of drug-likeness (QED) is 0.625. The second-order valence-electron chi connectivity index (χ2n) is 4.40. The fraction of sp³-hybridized carbons (Fsp3) is 0. The first-order chi connectivity index (χ1) is 10.1. The van der Waals surface area contributed by atoms with E-state index in [-0.39, 0.29) is 17.4 Å². The predicted molar refractivity (Wildman–Crippen MR) is 78.5 cm³/mol. The van der Waals surface area contributed by atoms with Crippen LogP contribution in [0, 0.1) is 5.82 Å². The highest BCUT2D eigenvalue weighted by molar-refractivity contribution is 6.31. The predicted octanol–water partition coefficient (Wildman–Crippen LogP) is 3.82. The van der Waals surface area contributed by atoms with E-state index in [1.165, 1.54) is 18.2 Å². The second-order valence-corrected chi connectivity index (χ2v) is 4.84. The Bertz CT molecular complexity index is 783. The number of esters is 1. The van der Waals surface area contributed by atoms with Crippen LogP contribution in [0.25, 0.3) is 6.08 Å². The Labute approximate surface area is 125 Å². The molecule has 0 atom stereocenters. The van der Waals surface area contributed by atoms with Crippen molar-refractivity contribution in [3.8, 4) is 0 Å². The minimum atomic E-state index is -0.575. The van der Waals surface area contributed by atoms with Crippen LogP contribution in [0.1, 0.15) is 11.1 Å². The summed E-state index contributed by atoms with van der Waals surface area (Å²) in [7, 11) is 0. The molecule has 0 amide bonds. The van der Waals surface area contributed by atoms with Crippen molar-refractivity contribution in [2.45, 2.75) is 0 Å². The van der Waals surface area contributed by atoms with E-state index in [0.717, 1.165) is 0 Å². The highest BCUT2D eigenvalue weighted by Crippen LogP contribution is 2.21. The van der Waals surface area contributed by atoms with Crippen LogP contribution in [0.15, 0.2) is 59.2 Å². The van der Waals surface area contributed by atoms with Gasteiger partial charge in [-0.15, -0.1) is 0 Å². The van der Waals surface area contributed by atoms with Crippen molar-refractivity contribution < 1.29 is 13.9 Å². The van der Waals surface area contributed by atoms with Crippen molar-refractivity contribution in [3.63, 3.8) is 0 Å². The molecule has 0 aromatic heterocycles. The van der Waals surface area contributed by atoms with Gasteiger partial charge in [-0.25, -0.2) is 14.2 Å². The minimum absolute atomic E-state index is 0.121. The number of nitrogens with zero attached hydrogens (tertiary/aromatic N) is 1. The molecule has 0 saturated heterocycles. The molecule has 2 aromatic carbocycles. The Morgan fingerprint density at radius 1 is 1.14 bits per heavy atom. The Balaban J connectivity index is 1.95. The zero-order valence-corrected chi connectivity index (χ0v) is 11.5. The maximum atomic E-state index is 13.1. The fourth-order valence-electron chi connectivity index (χ4n) is 1.91. The van der Waals surface area contributed by atoms with E-state index in [2.05, 4.69) is 4.99 Å². The van der Waals surface area contributed by atoms with Gasteiger partial charge in [0, 0.05) is 10.6 Å². The summed E-state index contributed by atoms with van der Waals surface area (Å²) in [4.78, 5) is 15.9. The molecule has 1 aliphatic heterocycles. The summed E-state index contributed by atoms with van der Waals surface area (Å²) in [5, 5.41) is 0.522. The van der Waals surface area contributed by atoms with Crippen LogP contribution in [0.2, 0.25) is 5.02 Å². The maximum Gasteiger partial charge on any atom is 0.363 e. The van der Waals surface area contributed by atoms with Gasteiger partial charge in [0.25, 0.3) is 0 Å². The van der Waals surface area contributed by atoms with Gasteiger partial charge in [-0.05, 0) is 42.0 Å². The van der Waals surface area contributed by atoms with Crippen LogP contribution in [-0.2, 0) is 9.53 Å². The molecule has 1 heterocycles. The number of halogens is 2. The van der Waals surface area contributed by atoms with Gasteiger partial charge in [-0.2, -0.15) is 0 Å². The van der Waals surface area contributed by atoms with Crippen molar-refractivity contribution in [2.24, 2.45) is 4.99 Å². The molecular formula is C16H9ClFNO2. The standard InChI is InChI=1S/C16H9ClFNO2/c17-12-5-2-4-11(9-12)15-19-14(16(20)21-15)8-10-3-1-6-13(18)7-10/h1-9H. The molecule has 3 rings (SSSR count). The third-order valence-corrected chi connectivity index (χ3v) is 3.08. The van der Waals surface area contributed by atoms with E-state index < -0.39 is 5.97 Å². The molecule has 0 unspecified atom stereocenters. The molecule has 0 saturated carbocycles. The van der Waals surface area contributed by atoms with E-state index in [4.69, 9.17) is 16.3 Å². The third-order valence-electron chi connectivity index (χ3n) is 2.84. The molecule has 0 N–H and O–H groups in total. The Hall–Kier alpha value is -2.46. The summed E-state index contributed by atoms with van der Waals surface area (Å²) in [5.41, 5.74) is 1.27. The molecule has 104 valence electrons. The van der Waals surface area contributed by atoms with E-state index >= 15 is 0 Å². The number of hydrogen-bond donors (Lipinski definition) is 0. The Morgan fingerprint density at radius 2 is 1.95 bits per heavy atom. The van der Waals surface area contributed by atoms with Crippen LogP contribution >= 0.6 is 11.6 Å². The first kappa shape index (κ1) is 13.5. The topological polar surface area (TPSA) is 38.7 Å². The summed E-state index contributed by atoms with van der Waals surface area (Å²) < 4.78 is 18.2. The van der Waals surface area contributed by atoms with Gasteiger partial charge in [0.1, 0.15) is 5.82 Å². The van der Waals surface area contributed by atoms with E-state index in [0.29, 0.717) is 16.1 Å². The number of carbonyl (C=O) groups is 1. The van der Waals surface area contributed by atoms with Gasteiger partial charge in [-0.1, -0.05) is 29.8 Å². The first-order valence-electron chi connectivity index (χ1n) is 6.16. The number of benzene rings is 2. The molecule has 0 radical (unpaired) electrons. The normalized spacial score (nSPS) is 16.0. The van der Waals surface area contributed by atoms with Gasteiger partial charge in [0.2, 0.25) is 5.90 Å². The molecule has 0 aliphatic carbocycles. The molecule has 3 nitrogen and oxygen atoms in total. The number of carbonyl (C=O) groups excluding carboxylic acids is 1. The van der Waals surface area contributed by atoms with Crippen molar-refractivity contribution in [1.29, 1.82) is 0 Å². The van der Waals surface area contributed by atoms with Crippen molar-refractivity contribution in [1.82, 2.24) is 0 Å². The summed E-state index contributed by atoms with van der Waals surface area (Å²) in [6.45, 7) is 0. The number of aliphatic imine (C=N–C) groups is 1. The van der Waals surface area contributed by atoms with E-state index in [9.17, 15) is 9.18 Å². The number of ether oxygens (including phenoxy) is 1. The molecule has 0 spiro atoms. The summed E-state index contributed by atoms with van der Waals surface area (Å²) in [5.74, 6) is -0.769. The van der Waals surface area contributed by atoms with Crippen molar-refractivity contribution >= 4 is 29.5 Å². The largest absolute Gasteiger partial charge is 0.402 e. The Kier molecular flexibility index (Phi) is 3.54. The smallest absolute Gasteiger partial charge is 0.363 e. The molecule has 2 aromatic rings. The molecule has 5 heteroatoms. The van der Waals surface area contributed by atoms with Gasteiger partial charge in [0.15, 0.2) is 5.70 Å². The fourth-order valence-corrected chi connectivity index (χ4v) is 2.10. The summed E-state index contributed by atoms with van der Waals surface area (Å²) in [6, 6.07) is 12.7. The lowest BCUT2D eigenvalue weighted by atomic mass is 10.2. The third kappa shape index (κ3) is 3.01. The first-order valence-corrected chi connectivity index (χ1v) is 6.54. The van der Waals surface area contributed by atoms with Gasteiger partial charge in [-0.3, -0.25) is 0 Å². The second kappa shape index (κ2) is 5.50. The highest BCUT2D eigenvalue weighted by Gasteiger charge is 2.24. The minimum Gasteiger partial charge on any atom is -0.402 e. The lowest BCUT2D eigenvalue weighted by Crippen LogP contribution is -2.05. The van der Waals surface area contributed by atoms with Crippen molar-refractivity contribution in [3.05, 3.63) is 76.2 Å². The number of hydrogen-bond acceptors (Lipinski definition) is 3. The molecular weight excluding hydrogens is 293 g/mol. The van der Waals surface area contributed by atoms with Gasteiger partial charge >= 0.3 is 5.97 Å². The SMILES string of the molecule is O=C1OC(c2cccc(Cl)c2)=NC1=Cc1cccc(F)c1. The van der Waals surface area contributed by atoms with Crippen LogP contribution < -0.4 is 0 Å². The van der Waals surface area contributed by atoms with E-state index in [1.54, 1.807) is 36.4 Å². The highest BCUT2D eigenvalue weighted by atomic mass is 35.5. The van der Waals surface area contributed by atoms with E-state index in [1.807, 2.05) is 0 Å². The zero-order chi connectivity index (χ0) is 14.8.